The predicted molar refractivity (Wildman–Crippen MR) is 90.9 cm³/mol. The molecule has 4 aromatic heterocycles. The lowest BCUT2D eigenvalue weighted by atomic mass is 10.3. The third-order valence-corrected chi connectivity index (χ3v) is 3.69. The molecule has 0 fully saturated rings. The van der Waals surface area contributed by atoms with Crippen LogP contribution in [0.3, 0.4) is 0 Å². The van der Waals surface area contributed by atoms with Crippen molar-refractivity contribution in [3.8, 4) is 0 Å². The van der Waals surface area contributed by atoms with Crippen molar-refractivity contribution in [2.24, 2.45) is 0 Å². The van der Waals surface area contributed by atoms with E-state index in [1.807, 2.05) is 35.2 Å². The fourth-order valence-electron chi connectivity index (χ4n) is 2.43. The van der Waals surface area contributed by atoms with Gasteiger partial charge in [0.1, 0.15) is 6.33 Å². The lowest BCUT2D eigenvalue weighted by Crippen LogP contribution is -2.08. The summed E-state index contributed by atoms with van der Waals surface area (Å²) in [5.41, 5.74) is 3.13. The van der Waals surface area contributed by atoms with Crippen LogP contribution in [0.4, 0.5) is 0 Å². The van der Waals surface area contributed by atoms with Crippen LogP contribution in [0.15, 0.2) is 42.1 Å². The normalized spacial score (nSPS) is 11.0. The molecule has 0 aromatic carbocycles. The number of rotatable bonds is 2. The molecular weight excluding hydrogens is 306 g/mol. The maximum absolute atomic E-state index is 11.2. The van der Waals surface area contributed by atoms with Gasteiger partial charge in [0.15, 0.2) is 11.2 Å². The summed E-state index contributed by atoms with van der Waals surface area (Å²) < 4.78 is 3.78. The molecule has 0 saturated heterocycles. The van der Waals surface area contributed by atoms with Crippen molar-refractivity contribution in [2.75, 3.05) is 0 Å². The molecule has 0 aliphatic heterocycles. The highest BCUT2D eigenvalue weighted by Gasteiger charge is 2.08. The van der Waals surface area contributed by atoms with Crippen molar-refractivity contribution < 1.29 is 0 Å². The number of nitrogens with zero attached hydrogens (tertiary/aromatic N) is 6. The molecule has 0 saturated carbocycles. The Morgan fingerprint density at radius 3 is 2.83 bits per heavy atom. The number of nitrogens with one attached hydrogen (secondary N) is 1. The van der Waals surface area contributed by atoms with Crippen molar-refractivity contribution in [3.05, 3.63) is 53.4 Å². The fourth-order valence-corrected chi connectivity index (χ4v) is 2.43. The van der Waals surface area contributed by atoms with Gasteiger partial charge >= 0.3 is 0 Å². The van der Waals surface area contributed by atoms with Crippen molar-refractivity contribution >= 4 is 16.7 Å². The number of hydrogen-bond acceptors (Lipinski definition) is 5. The average molecular weight is 325 g/mol. The van der Waals surface area contributed by atoms with Crippen LogP contribution in [0, 0.1) is 0 Å². The number of hydrogen-bond donors (Lipinski definition) is 1. The van der Waals surface area contributed by atoms with Gasteiger partial charge < -0.3 is 9.55 Å². The van der Waals surface area contributed by atoms with E-state index in [0.717, 1.165) is 11.9 Å². The van der Waals surface area contributed by atoms with Crippen molar-refractivity contribution in [3.63, 3.8) is 0 Å². The molecule has 0 spiro atoms. The predicted octanol–water partition coefficient (Wildman–Crippen LogP) is 1.99. The SMILES string of the molecule is CC(C)n1cnc2c(=O)[nH]cnc21.CCc1ccc2cncnn12. The van der Waals surface area contributed by atoms with Gasteiger partial charge in [0.2, 0.25) is 0 Å². The van der Waals surface area contributed by atoms with Crippen LogP contribution >= 0.6 is 0 Å². The summed E-state index contributed by atoms with van der Waals surface area (Å²) in [6, 6.07) is 4.36. The van der Waals surface area contributed by atoms with Gasteiger partial charge in [0.25, 0.3) is 5.56 Å². The minimum Gasteiger partial charge on any atom is -0.313 e. The molecule has 24 heavy (non-hydrogen) atoms. The first-order valence-electron chi connectivity index (χ1n) is 7.78. The third kappa shape index (κ3) is 2.90. The fraction of sp³-hybridized carbons (Fsp3) is 0.312. The van der Waals surface area contributed by atoms with Crippen molar-refractivity contribution in [1.82, 2.24) is 34.1 Å². The van der Waals surface area contributed by atoms with Crippen LogP contribution < -0.4 is 5.56 Å². The van der Waals surface area contributed by atoms with Crippen LogP contribution in [-0.4, -0.2) is 34.1 Å². The highest BCUT2D eigenvalue weighted by atomic mass is 16.1. The van der Waals surface area contributed by atoms with Crippen LogP contribution in [-0.2, 0) is 6.42 Å². The summed E-state index contributed by atoms with van der Waals surface area (Å²) in [5.74, 6) is 0. The smallest absolute Gasteiger partial charge is 0.278 e. The van der Waals surface area contributed by atoms with Crippen LogP contribution in [0.2, 0.25) is 0 Å². The van der Waals surface area contributed by atoms with E-state index in [1.54, 1.807) is 12.7 Å². The first kappa shape index (κ1) is 15.9. The van der Waals surface area contributed by atoms with Gasteiger partial charge in [-0.3, -0.25) is 4.79 Å². The van der Waals surface area contributed by atoms with Crippen LogP contribution in [0.5, 0.6) is 0 Å². The zero-order chi connectivity index (χ0) is 17.1. The van der Waals surface area contributed by atoms with Gasteiger partial charge in [0, 0.05) is 11.7 Å². The standard InChI is InChI=1S/C8H10N4O.C8H9N3/c1-5(2)12-4-11-6-7(12)9-3-10-8(6)13;1-2-7-3-4-8-5-9-6-10-11(7)8/h3-5H,1-2H3,(H,9,10,13);3-6H,2H2,1H3. The van der Waals surface area contributed by atoms with Crippen LogP contribution in [0.25, 0.3) is 16.7 Å². The van der Waals surface area contributed by atoms with Gasteiger partial charge in [-0.05, 0) is 32.4 Å². The second kappa shape index (κ2) is 6.61. The molecule has 4 heterocycles. The summed E-state index contributed by atoms with van der Waals surface area (Å²) in [6.45, 7) is 6.15. The van der Waals surface area contributed by atoms with E-state index >= 15 is 0 Å². The van der Waals surface area contributed by atoms with Crippen molar-refractivity contribution in [2.45, 2.75) is 33.2 Å². The van der Waals surface area contributed by atoms with E-state index in [9.17, 15) is 4.79 Å². The molecule has 8 nitrogen and oxygen atoms in total. The van der Waals surface area contributed by atoms with E-state index < -0.39 is 0 Å². The maximum Gasteiger partial charge on any atom is 0.278 e. The molecule has 0 bridgehead atoms. The molecular formula is C16H19N7O. The quantitative estimate of drug-likeness (QED) is 0.608. The van der Waals surface area contributed by atoms with Gasteiger partial charge in [0.05, 0.1) is 24.4 Å². The summed E-state index contributed by atoms with van der Waals surface area (Å²) in [4.78, 5) is 25.7. The van der Waals surface area contributed by atoms with E-state index in [1.165, 1.54) is 12.0 Å². The van der Waals surface area contributed by atoms with Gasteiger partial charge in [-0.25, -0.2) is 19.5 Å². The second-order valence-electron chi connectivity index (χ2n) is 5.57. The number of aromatic amines is 1. The molecule has 0 atom stereocenters. The first-order valence-corrected chi connectivity index (χ1v) is 7.78. The molecule has 0 amide bonds. The molecule has 124 valence electrons. The monoisotopic (exact) mass is 325 g/mol. The molecule has 8 heteroatoms. The largest absolute Gasteiger partial charge is 0.313 e. The summed E-state index contributed by atoms with van der Waals surface area (Å²) in [5, 5.41) is 4.12. The Bertz CT molecular complexity index is 1010. The number of imidazole rings is 1. The Morgan fingerprint density at radius 1 is 1.25 bits per heavy atom. The molecule has 0 aliphatic carbocycles. The highest BCUT2D eigenvalue weighted by Crippen LogP contribution is 2.10. The van der Waals surface area contributed by atoms with Gasteiger partial charge in [-0.1, -0.05) is 6.92 Å². The zero-order valence-electron chi connectivity index (χ0n) is 13.8. The minimum absolute atomic E-state index is 0.190. The number of fused-ring (bicyclic) bond motifs is 2. The van der Waals surface area contributed by atoms with Gasteiger partial charge in [-0.2, -0.15) is 5.10 Å². The minimum atomic E-state index is -0.190. The lowest BCUT2D eigenvalue weighted by Gasteiger charge is -2.05. The second-order valence-corrected chi connectivity index (χ2v) is 5.57. The van der Waals surface area contributed by atoms with E-state index in [2.05, 4.69) is 38.0 Å². The van der Waals surface area contributed by atoms with Gasteiger partial charge in [-0.15, -0.1) is 0 Å². The molecule has 0 aliphatic rings. The zero-order valence-corrected chi connectivity index (χ0v) is 13.8. The molecule has 4 aromatic rings. The summed E-state index contributed by atoms with van der Waals surface area (Å²) in [7, 11) is 0. The van der Waals surface area contributed by atoms with E-state index in [0.29, 0.717) is 11.2 Å². The Labute approximate surface area is 138 Å². The topological polar surface area (TPSA) is 93.8 Å². The maximum atomic E-state index is 11.2. The van der Waals surface area contributed by atoms with Crippen molar-refractivity contribution in [1.29, 1.82) is 0 Å². The number of aromatic nitrogens is 7. The lowest BCUT2D eigenvalue weighted by molar-refractivity contribution is 0.612. The average Bonchev–Trinajstić information content (AvgIpc) is 3.20. The van der Waals surface area contributed by atoms with E-state index in [4.69, 9.17) is 0 Å². The molecule has 0 radical (unpaired) electrons. The van der Waals surface area contributed by atoms with E-state index in [-0.39, 0.29) is 11.6 Å². The molecule has 0 unspecified atom stereocenters. The first-order chi connectivity index (χ1) is 11.6. The Hall–Kier alpha value is -3.03. The summed E-state index contributed by atoms with van der Waals surface area (Å²) >= 11 is 0. The summed E-state index contributed by atoms with van der Waals surface area (Å²) in [6.07, 6.45) is 7.41. The number of H-pyrrole nitrogens is 1. The molecule has 4 rings (SSSR count). The Kier molecular flexibility index (Phi) is 4.37. The Balaban J connectivity index is 0.000000143. The Morgan fingerprint density at radius 2 is 2.08 bits per heavy atom. The van der Waals surface area contributed by atoms with Crippen LogP contribution in [0.1, 0.15) is 32.5 Å². The third-order valence-electron chi connectivity index (χ3n) is 3.69. The highest BCUT2D eigenvalue weighted by molar-refractivity contribution is 5.68. The molecule has 1 N–H and O–H groups in total. The number of aryl methyl sites for hydroxylation is 1.